The fourth-order valence-corrected chi connectivity index (χ4v) is 3.68. The van der Waals surface area contributed by atoms with Gasteiger partial charge in [0.15, 0.2) is 16.5 Å². The van der Waals surface area contributed by atoms with E-state index in [1.165, 1.54) is 0 Å². The minimum atomic E-state index is -0.0407. The number of hydrogen-bond donors (Lipinski definition) is 1. The number of hydrogen-bond acceptors (Lipinski definition) is 5. The first-order valence-corrected chi connectivity index (χ1v) is 8.59. The third-order valence-electron chi connectivity index (χ3n) is 3.95. The molecule has 8 heteroatoms. The summed E-state index contributed by atoms with van der Waals surface area (Å²) in [6.45, 7) is 3.27. The van der Waals surface area contributed by atoms with Crippen LogP contribution in [0.1, 0.15) is 17.0 Å². The molecule has 1 aromatic carbocycles. The Morgan fingerprint density at radius 3 is 2.80 bits per heavy atom. The van der Waals surface area contributed by atoms with Crippen LogP contribution in [0, 0.1) is 0 Å². The molecule has 1 N–H and O–H groups in total. The zero-order valence-electron chi connectivity index (χ0n) is 13.4. The third-order valence-corrected chi connectivity index (χ3v) is 5.00. The Morgan fingerprint density at radius 1 is 1.12 bits per heavy atom. The smallest absolute Gasteiger partial charge is 0.289 e. The van der Waals surface area contributed by atoms with Crippen LogP contribution in [0.3, 0.4) is 0 Å². The second-order valence-corrected chi connectivity index (χ2v) is 6.58. The van der Waals surface area contributed by atoms with Crippen LogP contribution in [0.2, 0.25) is 0 Å². The van der Waals surface area contributed by atoms with Gasteiger partial charge in [-0.25, -0.2) is 4.98 Å². The number of para-hydroxylation sites is 1. The van der Waals surface area contributed by atoms with Gasteiger partial charge in [0.1, 0.15) is 0 Å². The predicted molar refractivity (Wildman–Crippen MR) is 105 cm³/mol. The number of benzene rings is 1. The van der Waals surface area contributed by atoms with E-state index in [2.05, 4.69) is 10.3 Å². The molecule has 0 unspecified atom stereocenters. The first-order valence-electron chi connectivity index (χ1n) is 7.77. The van der Waals surface area contributed by atoms with Crippen molar-refractivity contribution in [2.75, 3.05) is 26.2 Å². The van der Waals surface area contributed by atoms with Crippen molar-refractivity contribution in [1.29, 1.82) is 0 Å². The Morgan fingerprint density at radius 2 is 1.96 bits per heavy atom. The van der Waals surface area contributed by atoms with E-state index in [-0.39, 0.29) is 30.7 Å². The number of nitrogens with zero attached hydrogens (tertiary/aromatic N) is 2. The summed E-state index contributed by atoms with van der Waals surface area (Å²) >= 11 is 1.57. The first-order chi connectivity index (χ1) is 11.3. The highest BCUT2D eigenvalue weighted by atomic mass is 35.5. The molecule has 2 aromatic heterocycles. The number of nitrogens with one attached hydrogen (secondary N) is 1. The number of carbonyl (C=O) groups is 1. The van der Waals surface area contributed by atoms with Crippen molar-refractivity contribution >= 4 is 52.3 Å². The Labute approximate surface area is 162 Å². The average molecular weight is 400 g/mol. The summed E-state index contributed by atoms with van der Waals surface area (Å²) in [5.41, 5.74) is 0.954. The molecule has 1 amide bonds. The number of fused-ring (bicyclic) bond motifs is 1. The molecule has 25 heavy (non-hydrogen) atoms. The molecule has 3 heterocycles. The van der Waals surface area contributed by atoms with E-state index in [0.29, 0.717) is 11.5 Å². The monoisotopic (exact) mass is 399 g/mol. The lowest BCUT2D eigenvalue weighted by Crippen LogP contribution is -2.33. The van der Waals surface area contributed by atoms with Gasteiger partial charge in [-0.05, 0) is 37.2 Å². The zero-order valence-corrected chi connectivity index (χ0v) is 15.9. The summed E-state index contributed by atoms with van der Waals surface area (Å²) in [6, 6.07) is 11.6. The summed E-state index contributed by atoms with van der Waals surface area (Å²) in [6.07, 6.45) is 0.969. The molecular formula is C17H19Cl2N3O2S. The van der Waals surface area contributed by atoms with Crippen LogP contribution in [-0.2, 0) is 0 Å². The largest absolute Gasteiger partial charge is 0.448 e. The van der Waals surface area contributed by atoms with E-state index in [1.54, 1.807) is 17.4 Å². The fraction of sp³-hybridized carbons (Fsp3) is 0.294. The third kappa shape index (κ3) is 4.15. The van der Waals surface area contributed by atoms with Crippen molar-refractivity contribution in [3.8, 4) is 10.8 Å². The molecule has 1 aliphatic rings. The Balaban J connectivity index is 0.00000113. The molecule has 134 valence electrons. The highest BCUT2D eigenvalue weighted by Gasteiger charge is 2.21. The summed E-state index contributed by atoms with van der Waals surface area (Å²) in [4.78, 5) is 19.0. The van der Waals surface area contributed by atoms with Gasteiger partial charge in [-0.3, -0.25) is 4.79 Å². The van der Waals surface area contributed by atoms with Crippen LogP contribution in [0.4, 0.5) is 0 Å². The molecule has 0 radical (unpaired) electrons. The molecule has 1 aliphatic heterocycles. The summed E-state index contributed by atoms with van der Waals surface area (Å²) in [5.74, 6) is 1.00. The van der Waals surface area contributed by atoms with Crippen molar-refractivity contribution in [1.82, 2.24) is 15.2 Å². The van der Waals surface area contributed by atoms with E-state index in [1.807, 2.05) is 35.2 Å². The van der Waals surface area contributed by atoms with Gasteiger partial charge < -0.3 is 14.6 Å². The number of thiazole rings is 1. The van der Waals surface area contributed by atoms with Crippen molar-refractivity contribution < 1.29 is 9.21 Å². The van der Waals surface area contributed by atoms with Crippen LogP contribution >= 0.6 is 36.2 Å². The molecule has 4 rings (SSSR count). The van der Waals surface area contributed by atoms with Gasteiger partial charge in [0.2, 0.25) is 0 Å². The molecule has 1 fully saturated rings. The van der Waals surface area contributed by atoms with Gasteiger partial charge >= 0.3 is 0 Å². The molecule has 5 nitrogen and oxygen atoms in total. The zero-order chi connectivity index (χ0) is 15.6. The second kappa shape index (κ2) is 8.67. The number of furan rings is 1. The normalized spacial score (nSPS) is 14.5. The van der Waals surface area contributed by atoms with Crippen LogP contribution in [-0.4, -0.2) is 42.0 Å². The summed E-state index contributed by atoms with van der Waals surface area (Å²) < 4.78 is 6.91. The number of rotatable bonds is 2. The highest BCUT2D eigenvalue weighted by Crippen LogP contribution is 2.31. The molecular weight excluding hydrogens is 381 g/mol. The lowest BCUT2D eigenvalue weighted by Gasteiger charge is -2.18. The lowest BCUT2D eigenvalue weighted by atomic mass is 10.3. The predicted octanol–water partition coefficient (Wildman–Crippen LogP) is 3.84. The maximum Gasteiger partial charge on any atom is 0.289 e. The molecule has 3 aromatic rings. The van der Waals surface area contributed by atoms with E-state index in [9.17, 15) is 4.79 Å². The van der Waals surface area contributed by atoms with Gasteiger partial charge in [0, 0.05) is 19.6 Å². The fourth-order valence-electron chi connectivity index (χ4n) is 2.75. The van der Waals surface area contributed by atoms with Crippen molar-refractivity contribution in [3.63, 3.8) is 0 Å². The van der Waals surface area contributed by atoms with Crippen LogP contribution in [0.5, 0.6) is 0 Å². The maximum atomic E-state index is 12.6. The summed E-state index contributed by atoms with van der Waals surface area (Å²) in [5, 5.41) is 4.10. The molecule has 0 atom stereocenters. The van der Waals surface area contributed by atoms with Gasteiger partial charge in [0.25, 0.3) is 5.91 Å². The summed E-state index contributed by atoms with van der Waals surface area (Å²) in [7, 11) is 0. The van der Waals surface area contributed by atoms with Gasteiger partial charge in [-0.1, -0.05) is 12.1 Å². The van der Waals surface area contributed by atoms with E-state index in [4.69, 9.17) is 4.42 Å². The van der Waals surface area contributed by atoms with Crippen LogP contribution < -0.4 is 5.32 Å². The Hall–Kier alpha value is -1.60. The Bertz CT molecular complexity index is 808. The Kier molecular flexibility index (Phi) is 6.84. The standard InChI is InChI=1S/C17H17N3O2S.2ClH/c21-17(20-10-3-8-18-9-11-20)14-7-6-13(22-14)16-19-12-4-1-2-5-15(12)23-16;;/h1-2,4-7,18H,3,8-11H2;2*1H. The number of amides is 1. The first kappa shape index (κ1) is 19.7. The average Bonchev–Trinajstić information content (AvgIpc) is 3.14. The van der Waals surface area contributed by atoms with Crippen molar-refractivity contribution in [2.45, 2.75) is 6.42 Å². The van der Waals surface area contributed by atoms with Gasteiger partial charge in [0.05, 0.1) is 10.2 Å². The van der Waals surface area contributed by atoms with Crippen molar-refractivity contribution in [3.05, 3.63) is 42.2 Å². The SMILES string of the molecule is Cl.Cl.O=C(c1ccc(-c2nc3ccccc3s2)o1)N1CCCNCC1. The minimum Gasteiger partial charge on any atom is -0.448 e. The highest BCUT2D eigenvalue weighted by molar-refractivity contribution is 7.21. The van der Waals surface area contributed by atoms with Crippen LogP contribution in [0.25, 0.3) is 21.0 Å². The molecule has 0 spiro atoms. The maximum absolute atomic E-state index is 12.6. The van der Waals surface area contributed by atoms with Gasteiger partial charge in [-0.2, -0.15) is 0 Å². The lowest BCUT2D eigenvalue weighted by molar-refractivity contribution is 0.0735. The van der Waals surface area contributed by atoms with E-state index >= 15 is 0 Å². The minimum absolute atomic E-state index is 0. The molecule has 0 bridgehead atoms. The molecule has 1 saturated heterocycles. The topological polar surface area (TPSA) is 58.4 Å². The number of carbonyl (C=O) groups excluding carboxylic acids is 1. The van der Waals surface area contributed by atoms with E-state index in [0.717, 1.165) is 47.8 Å². The van der Waals surface area contributed by atoms with Crippen LogP contribution in [0.15, 0.2) is 40.8 Å². The van der Waals surface area contributed by atoms with E-state index < -0.39 is 0 Å². The quantitative estimate of drug-likeness (QED) is 0.710. The number of aromatic nitrogens is 1. The number of halogens is 2. The van der Waals surface area contributed by atoms with Crippen molar-refractivity contribution in [2.24, 2.45) is 0 Å². The second-order valence-electron chi connectivity index (χ2n) is 5.55. The van der Waals surface area contributed by atoms with Gasteiger partial charge in [-0.15, -0.1) is 36.2 Å². The molecule has 0 aliphatic carbocycles. The molecule has 0 saturated carbocycles.